The van der Waals surface area contributed by atoms with Crippen molar-refractivity contribution in [3.8, 4) is 0 Å². The van der Waals surface area contributed by atoms with E-state index in [-0.39, 0.29) is 12.4 Å². The fourth-order valence-corrected chi connectivity index (χ4v) is 11.8. The van der Waals surface area contributed by atoms with E-state index in [2.05, 4.69) is 33.9 Å². The summed E-state index contributed by atoms with van der Waals surface area (Å²) in [7, 11) is -2.21. The Labute approximate surface area is 224 Å². The van der Waals surface area contributed by atoms with Gasteiger partial charge in [-0.15, -0.1) is 0 Å². The van der Waals surface area contributed by atoms with Crippen molar-refractivity contribution in [1.82, 2.24) is 0 Å². The van der Waals surface area contributed by atoms with Gasteiger partial charge in [0.05, 0.1) is 24.6 Å². The third-order valence-electron chi connectivity index (χ3n) is 7.36. The Hall–Kier alpha value is 1.23. The van der Waals surface area contributed by atoms with Gasteiger partial charge < -0.3 is 12.4 Å². The lowest BCUT2D eigenvalue weighted by atomic mass is 10.1. The van der Waals surface area contributed by atoms with Crippen molar-refractivity contribution in [3.63, 3.8) is 0 Å². The molecule has 0 aliphatic rings. The van der Waals surface area contributed by atoms with Crippen molar-refractivity contribution in [1.29, 1.82) is 0 Å². The first-order valence-corrected chi connectivity index (χ1v) is 21.7. The highest BCUT2D eigenvalue weighted by Crippen LogP contribution is 2.61. The van der Waals surface area contributed by atoms with E-state index in [4.69, 9.17) is 11.1 Å². The lowest BCUT2D eigenvalue weighted by Gasteiger charge is -2.29. The monoisotopic (exact) mass is 540 g/mol. The molecule has 0 saturated carbocycles. The summed E-state index contributed by atoms with van der Waals surface area (Å²) in [6.07, 6.45) is 34.1. The third-order valence-corrected chi connectivity index (χ3v) is 14.5. The average molecular weight is 542 g/mol. The normalized spacial score (nSPS) is 12.2. The Morgan fingerprint density at radius 3 is 1.03 bits per heavy atom. The highest BCUT2D eigenvalue weighted by Gasteiger charge is 2.35. The van der Waals surface area contributed by atoms with Gasteiger partial charge in [-0.25, -0.2) is 0 Å². The van der Waals surface area contributed by atoms with Crippen LogP contribution in [0, 0.1) is 0 Å². The minimum absolute atomic E-state index is 0. The van der Waals surface area contributed by atoms with Gasteiger partial charge in [-0.3, -0.25) is 0 Å². The molecule has 0 aliphatic carbocycles. The molecule has 0 aromatic rings. The summed E-state index contributed by atoms with van der Waals surface area (Å²) in [5, 5.41) is 0. The van der Waals surface area contributed by atoms with Crippen LogP contribution in [0.5, 0.6) is 0 Å². The summed E-state index contributed by atoms with van der Waals surface area (Å²) in [5.74, 6) is 0. The minimum atomic E-state index is -1.43. The zero-order chi connectivity index (χ0) is 24.0. The summed E-state index contributed by atoms with van der Waals surface area (Å²) in [4.78, 5) is 0. The molecule has 0 nitrogen and oxygen atoms in total. The predicted molar refractivity (Wildman–Crippen MR) is 159 cm³/mol. The van der Waals surface area contributed by atoms with Crippen LogP contribution in [-0.2, 0) is 0 Å². The number of hydrogen-bond donors (Lipinski definition) is 0. The van der Waals surface area contributed by atoms with E-state index in [0.29, 0.717) is 0 Å². The van der Waals surface area contributed by atoms with Gasteiger partial charge in [0.15, 0.2) is 7.38 Å². The number of rotatable bonds is 25. The smallest absolute Gasteiger partial charge is 0.150 e. The van der Waals surface area contributed by atoms with Gasteiger partial charge in [-0.1, -0.05) is 111 Å². The first kappa shape index (κ1) is 36.4. The second-order valence-electron chi connectivity index (χ2n) is 11.4. The van der Waals surface area contributed by atoms with Gasteiger partial charge in [0, 0.05) is 7.26 Å². The molecular weight excluding hydrogens is 478 g/mol. The summed E-state index contributed by atoms with van der Waals surface area (Å²) in [5.41, 5.74) is 0. The molecule has 0 heterocycles. The number of hydrogen-bond acceptors (Lipinski definition) is 0. The average Bonchev–Trinajstić information content (AvgIpc) is 2.74. The standard InChI is InChI=1S/C29H63ClPSi.ClH/c1-6-9-12-15-18-21-25-31(28-24-29-32(4,5)30,26-22-19-16-13-10-7-2)27-23-20-17-14-11-8-3;/h6-29H2,1-5H3;1H/q+1;/p-1. The molecule has 202 valence electrons. The maximum Gasteiger partial charge on any atom is 0.150 e. The molecule has 0 N–H and O–H groups in total. The summed E-state index contributed by atoms with van der Waals surface area (Å²) < 4.78 is 0. The first-order chi connectivity index (χ1) is 15.4. The fraction of sp³-hybridized carbons (Fsp3) is 1.00. The zero-order valence-corrected chi connectivity index (χ0v) is 27.1. The van der Waals surface area contributed by atoms with E-state index >= 15 is 0 Å². The van der Waals surface area contributed by atoms with Gasteiger partial charge in [0.1, 0.15) is 0 Å². The van der Waals surface area contributed by atoms with Crippen LogP contribution < -0.4 is 12.4 Å². The summed E-state index contributed by atoms with van der Waals surface area (Å²) >= 11 is 6.74. The van der Waals surface area contributed by atoms with Gasteiger partial charge in [-0.2, -0.15) is 11.1 Å². The maximum atomic E-state index is 6.74. The van der Waals surface area contributed by atoms with Crippen LogP contribution in [-0.4, -0.2) is 32.0 Å². The first-order valence-electron chi connectivity index (χ1n) is 14.9. The van der Waals surface area contributed by atoms with Gasteiger partial charge in [0.2, 0.25) is 0 Å². The molecule has 4 heteroatoms. The van der Waals surface area contributed by atoms with Crippen molar-refractivity contribution < 1.29 is 12.4 Å². The Bertz CT molecular complexity index is 344. The molecule has 0 saturated heterocycles. The van der Waals surface area contributed by atoms with Crippen LogP contribution >= 0.6 is 18.3 Å². The fourth-order valence-electron chi connectivity index (χ4n) is 5.19. The van der Waals surface area contributed by atoms with Crippen molar-refractivity contribution in [3.05, 3.63) is 0 Å². The van der Waals surface area contributed by atoms with Crippen LogP contribution in [0.15, 0.2) is 0 Å². The molecule has 0 unspecified atom stereocenters. The molecule has 0 rings (SSSR count). The maximum absolute atomic E-state index is 6.74. The predicted octanol–water partition coefficient (Wildman–Crippen LogP) is 8.92. The third kappa shape index (κ3) is 24.7. The Balaban J connectivity index is 0. The Morgan fingerprint density at radius 2 is 0.727 bits per heavy atom. The van der Waals surface area contributed by atoms with Crippen molar-refractivity contribution in [2.24, 2.45) is 0 Å². The van der Waals surface area contributed by atoms with Gasteiger partial charge >= 0.3 is 0 Å². The molecule has 0 aromatic carbocycles. The van der Waals surface area contributed by atoms with E-state index in [1.54, 1.807) is 24.6 Å². The van der Waals surface area contributed by atoms with Gasteiger partial charge in [-0.05, 0) is 51.0 Å². The van der Waals surface area contributed by atoms with Crippen molar-refractivity contribution in [2.75, 3.05) is 24.6 Å². The Morgan fingerprint density at radius 1 is 0.455 bits per heavy atom. The second-order valence-corrected chi connectivity index (χ2v) is 22.8. The molecule has 0 aliphatic heterocycles. The number of halogens is 2. The van der Waals surface area contributed by atoms with Crippen LogP contribution in [0.4, 0.5) is 0 Å². The van der Waals surface area contributed by atoms with E-state index < -0.39 is 14.6 Å². The van der Waals surface area contributed by atoms with Crippen LogP contribution in [0.3, 0.4) is 0 Å². The van der Waals surface area contributed by atoms with Crippen LogP contribution in [0.2, 0.25) is 19.1 Å². The summed E-state index contributed by atoms with van der Waals surface area (Å²) in [6.45, 7) is 11.7. The van der Waals surface area contributed by atoms with Gasteiger partial charge in [0.25, 0.3) is 0 Å². The van der Waals surface area contributed by atoms with Crippen LogP contribution in [0.25, 0.3) is 0 Å². The lowest BCUT2D eigenvalue weighted by Crippen LogP contribution is -3.00. The van der Waals surface area contributed by atoms with E-state index in [0.717, 1.165) is 0 Å². The van der Waals surface area contributed by atoms with E-state index in [1.165, 1.54) is 128 Å². The molecular formula is C29H63Cl2PSi. The highest BCUT2D eigenvalue weighted by molar-refractivity contribution is 7.75. The minimum Gasteiger partial charge on any atom is -1.00 e. The topological polar surface area (TPSA) is 0 Å². The highest BCUT2D eigenvalue weighted by atomic mass is 35.6. The Kier molecular flexibility index (Phi) is 27.5. The zero-order valence-electron chi connectivity index (χ0n) is 23.7. The van der Waals surface area contributed by atoms with E-state index in [1.807, 2.05) is 0 Å². The molecule has 0 atom stereocenters. The molecule has 0 bridgehead atoms. The quantitative estimate of drug-likeness (QED) is 0.0468. The second kappa shape index (κ2) is 24.9. The molecule has 0 aromatic heterocycles. The SMILES string of the molecule is CCCCCCCC[P+](CCCCCCCC)(CCCCCCCC)CCC[Si](C)(C)Cl.[Cl-]. The molecule has 0 fully saturated rings. The van der Waals surface area contributed by atoms with Crippen molar-refractivity contribution >= 4 is 25.7 Å². The molecule has 0 amide bonds. The molecule has 0 radical (unpaired) electrons. The summed E-state index contributed by atoms with van der Waals surface area (Å²) in [6, 6.07) is 1.33. The number of unbranched alkanes of at least 4 members (excludes halogenated alkanes) is 15. The van der Waals surface area contributed by atoms with Crippen molar-refractivity contribution in [2.45, 2.75) is 162 Å². The molecule has 0 spiro atoms. The lowest BCUT2D eigenvalue weighted by molar-refractivity contribution is -0.00000736. The van der Waals surface area contributed by atoms with Crippen LogP contribution in [0.1, 0.15) is 143 Å². The molecule has 33 heavy (non-hydrogen) atoms. The van der Waals surface area contributed by atoms with E-state index in [9.17, 15) is 0 Å². The largest absolute Gasteiger partial charge is 1.00 e.